The van der Waals surface area contributed by atoms with E-state index in [1.807, 2.05) is 0 Å². The molecule has 0 aromatic rings. The molecule has 0 aliphatic heterocycles. The molecular formula is C2H3BF3KO3. The van der Waals surface area contributed by atoms with Gasteiger partial charge in [0.05, 0.1) is 0 Å². The average Bonchev–Trinajstić information content (AvgIpc) is 1.63. The number of halogens is 3. The Kier molecular flexibility index (Phi) is 9.00. The molecule has 0 aliphatic rings. The van der Waals surface area contributed by atoms with Gasteiger partial charge in [-0.2, -0.15) is 13.2 Å². The third-order valence-electron chi connectivity index (χ3n) is 0.357. The standard InChI is InChI=1S/C2H2BF3O3.K.H/c4-1(5)2(6)9-3(7)8;;/h7-8H;;/q;+1;-1. The Morgan fingerprint density at radius 3 is 1.80 bits per heavy atom. The minimum Gasteiger partial charge on any atom is -1.00 e. The van der Waals surface area contributed by atoms with E-state index < -0.39 is 19.4 Å². The Morgan fingerprint density at radius 2 is 1.70 bits per heavy atom. The van der Waals surface area contributed by atoms with Crippen molar-refractivity contribution < 1.29 is 80.7 Å². The Labute approximate surface area is 98.9 Å². The first-order valence-electron chi connectivity index (χ1n) is 1.77. The molecule has 0 heterocycles. The van der Waals surface area contributed by atoms with Crippen molar-refractivity contribution in [1.29, 1.82) is 0 Å². The molecule has 0 aliphatic carbocycles. The van der Waals surface area contributed by atoms with Gasteiger partial charge in [0.1, 0.15) is 0 Å². The monoisotopic (exact) mass is 182 g/mol. The van der Waals surface area contributed by atoms with Crippen LogP contribution in [0.15, 0.2) is 12.1 Å². The van der Waals surface area contributed by atoms with Gasteiger partial charge in [0.2, 0.25) is 0 Å². The van der Waals surface area contributed by atoms with Gasteiger partial charge >= 0.3 is 70.8 Å². The average molecular weight is 182 g/mol. The molecule has 0 aromatic heterocycles. The number of rotatable bonds is 2. The second kappa shape index (κ2) is 6.65. The van der Waals surface area contributed by atoms with Gasteiger partial charge in [-0.15, -0.1) is 0 Å². The molecule has 0 fully saturated rings. The van der Waals surface area contributed by atoms with Gasteiger partial charge in [-0.25, -0.2) is 0 Å². The molecule has 0 radical (unpaired) electrons. The van der Waals surface area contributed by atoms with Crippen LogP contribution in [0.3, 0.4) is 0 Å². The van der Waals surface area contributed by atoms with E-state index in [-0.39, 0.29) is 52.8 Å². The molecule has 54 valence electrons. The maximum absolute atomic E-state index is 11.4. The van der Waals surface area contributed by atoms with E-state index in [2.05, 4.69) is 4.65 Å². The maximum Gasteiger partial charge on any atom is 1.00 e. The van der Waals surface area contributed by atoms with Gasteiger partial charge in [-0.1, -0.05) is 0 Å². The van der Waals surface area contributed by atoms with Crippen LogP contribution in [-0.4, -0.2) is 17.4 Å². The normalized spacial score (nSPS) is 7.70. The fraction of sp³-hybridized carbons (Fsp3) is 0. The molecule has 0 saturated heterocycles. The van der Waals surface area contributed by atoms with Crippen molar-refractivity contribution in [2.45, 2.75) is 0 Å². The summed E-state index contributed by atoms with van der Waals surface area (Å²) in [5.74, 6) is 0. The topological polar surface area (TPSA) is 49.7 Å². The molecule has 8 heteroatoms. The molecule has 0 amide bonds. The molecule has 0 atom stereocenters. The first kappa shape index (κ1) is 13.5. The first-order valence-corrected chi connectivity index (χ1v) is 1.77. The predicted octanol–water partition coefficient (Wildman–Crippen LogP) is -2.88. The summed E-state index contributed by atoms with van der Waals surface area (Å²) in [6, 6.07) is -2.29. The van der Waals surface area contributed by atoms with E-state index in [4.69, 9.17) is 10.0 Å². The molecule has 0 unspecified atom stereocenters. The van der Waals surface area contributed by atoms with Crippen LogP contribution in [0.4, 0.5) is 13.2 Å². The van der Waals surface area contributed by atoms with Gasteiger partial charge in [0.25, 0.3) is 0 Å². The smallest absolute Gasteiger partial charge is 1.00 e. The van der Waals surface area contributed by atoms with Crippen LogP contribution in [0.2, 0.25) is 0 Å². The fourth-order valence-electron chi connectivity index (χ4n) is 0.137. The molecule has 10 heavy (non-hydrogen) atoms. The zero-order valence-corrected chi connectivity index (χ0v) is 8.14. The van der Waals surface area contributed by atoms with Crippen molar-refractivity contribution in [3.8, 4) is 0 Å². The van der Waals surface area contributed by atoms with Crippen molar-refractivity contribution in [2.24, 2.45) is 0 Å². The molecule has 3 nitrogen and oxygen atoms in total. The number of hydrogen-bond acceptors (Lipinski definition) is 3. The minimum absolute atomic E-state index is 0. The number of hydrogen-bond donors (Lipinski definition) is 2. The molecule has 0 bridgehead atoms. The molecule has 0 spiro atoms. The Balaban J connectivity index is -0.000000320. The second-order valence-electron chi connectivity index (χ2n) is 0.978. The third-order valence-corrected chi connectivity index (χ3v) is 0.357. The summed E-state index contributed by atoms with van der Waals surface area (Å²) in [6.07, 6.45) is -2.73. The molecule has 2 N–H and O–H groups in total. The van der Waals surface area contributed by atoms with Gasteiger partial charge in [0.15, 0.2) is 0 Å². The molecular weight excluding hydrogens is 179 g/mol. The van der Waals surface area contributed by atoms with Crippen LogP contribution in [0.25, 0.3) is 0 Å². The van der Waals surface area contributed by atoms with Crippen LogP contribution >= 0.6 is 0 Å². The van der Waals surface area contributed by atoms with Crippen molar-refractivity contribution in [3.63, 3.8) is 0 Å². The van der Waals surface area contributed by atoms with Crippen molar-refractivity contribution in [1.82, 2.24) is 0 Å². The van der Waals surface area contributed by atoms with Crippen LogP contribution in [0, 0.1) is 0 Å². The van der Waals surface area contributed by atoms with Crippen molar-refractivity contribution >= 4 is 7.32 Å². The van der Waals surface area contributed by atoms with Crippen molar-refractivity contribution in [2.75, 3.05) is 0 Å². The molecule has 0 aromatic carbocycles. The van der Waals surface area contributed by atoms with E-state index in [0.29, 0.717) is 0 Å². The van der Waals surface area contributed by atoms with Crippen molar-refractivity contribution in [3.05, 3.63) is 12.1 Å². The summed E-state index contributed by atoms with van der Waals surface area (Å²) in [7, 11) is -2.55. The summed E-state index contributed by atoms with van der Waals surface area (Å²) in [4.78, 5) is 0. The zero-order chi connectivity index (χ0) is 7.44. The van der Waals surface area contributed by atoms with E-state index in [0.717, 1.165) is 0 Å². The second-order valence-corrected chi connectivity index (χ2v) is 0.978. The molecule has 0 saturated carbocycles. The quantitative estimate of drug-likeness (QED) is 0.356. The third kappa shape index (κ3) is 7.06. The van der Waals surface area contributed by atoms with E-state index in [1.54, 1.807) is 0 Å². The maximum atomic E-state index is 11.4. The minimum atomic E-state index is -2.73. The van der Waals surface area contributed by atoms with E-state index >= 15 is 0 Å². The summed E-state index contributed by atoms with van der Waals surface area (Å²) < 4.78 is 36.3. The van der Waals surface area contributed by atoms with Crippen LogP contribution in [0.1, 0.15) is 1.43 Å². The van der Waals surface area contributed by atoms with Gasteiger partial charge < -0.3 is 16.1 Å². The Morgan fingerprint density at radius 1 is 1.30 bits per heavy atom. The van der Waals surface area contributed by atoms with Crippen LogP contribution in [0.5, 0.6) is 0 Å². The molecule has 0 rings (SSSR count). The van der Waals surface area contributed by atoms with Crippen LogP contribution < -0.4 is 51.4 Å². The van der Waals surface area contributed by atoms with E-state index in [9.17, 15) is 13.2 Å². The summed E-state index contributed by atoms with van der Waals surface area (Å²) in [5, 5.41) is 15.4. The summed E-state index contributed by atoms with van der Waals surface area (Å²) >= 11 is 0. The SMILES string of the molecule is OB(O)OC(F)=C(F)F.[H-].[K+]. The predicted molar refractivity (Wildman–Crippen MR) is 22.7 cm³/mol. The fourth-order valence-corrected chi connectivity index (χ4v) is 0.137. The van der Waals surface area contributed by atoms with E-state index in [1.165, 1.54) is 0 Å². The van der Waals surface area contributed by atoms with Gasteiger partial charge in [-0.3, -0.25) is 0 Å². The Bertz CT molecular complexity index is 130. The van der Waals surface area contributed by atoms with Gasteiger partial charge in [0, 0.05) is 0 Å². The Hall–Kier alpha value is 0.951. The van der Waals surface area contributed by atoms with Gasteiger partial charge in [-0.05, 0) is 0 Å². The zero-order valence-electron chi connectivity index (χ0n) is 6.01. The summed E-state index contributed by atoms with van der Waals surface area (Å²) in [5.41, 5.74) is 0. The summed E-state index contributed by atoms with van der Waals surface area (Å²) in [6.45, 7) is 0. The van der Waals surface area contributed by atoms with Crippen LogP contribution in [-0.2, 0) is 4.65 Å². The first-order chi connectivity index (χ1) is 4.04. The largest absolute Gasteiger partial charge is 1.00 e.